The van der Waals surface area contributed by atoms with Gasteiger partial charge in [-0.1, -0.05) is 13.8 Å². The molecule has 2 bridgehead atoms. The standard InChI is InChI=1S/C19H29NO5/c1-12-10-15(21)20(17(12)22)9-7-16(23-5)24-25-19(4)8-6-13-11-14(19)18(13,2)3/h10,13-14,16H,6-9,11H2,1-5H3. The van der Waals surface area contributed by atoms with Crippen LogP contribution < -0.4 is 0 Å². The van der Waals surface area contributed by atoms with E-state index in [9.17, 15) is 9.59 Å². The van der Waals surface area contributed by atoms with Gasteiger partial charge in [0.05, 0.1) is 0 Å². The zero-order valence-electron chi connectivity index (χ0n) is 15.8. The van der Waals surface area contributed by atoms with E-state index < -0.39 is 6.29 Å². The molecule has 6 heteroatoms. The van der Waals surface area contributed by atoms with Crippen LogP contribution in [0.3, 0.4) is 0 Å². The molecule has 0 radical (unpaired) electrons. The van der Waals surface area contributed by atoms with Gasteiger partial charge in [0.1, 0.15) is 5.60 Å². The van der Waals surface area contributed by atoms with Gasteiger partial charge in [-0.25, -0.2) is 9.78 Å². The van der Waals surface area contributed by atoms with Crippen molar-refractivity contribution in [2.24, 2.45) is 17.3 Å². The second-order valence-electron chi connectivity index (χ2n) is 8.41. The van der Waals surface area contributed by atoms with Crippen molar-refractivity contribution in [1.82, 2.24) is 4.90 Å². The number of rotatable bonds is 7. The van der Waals surface area contributed by atoms with Crippen molar-refractivity contribution >= 4 is 11.8 Å². The van der Waals surface area contributed by atoms with Crippen LogP contribution in [0.4, 0.5) is 0 Å². The zero-order chi connectivity index (χ0) is 18.4. The number of amides is 2. The minimum absolute atomic E-state index is 0.248. The van der Waals surface area contributed by atoms with Gasteiger partial charge < -0.3 is 4.74 Å². The topological polar surface area (TPSA) is 65.1 Å². The summed E-state index contributed by atoms with van der Waals surface area (Å²) in [6.45, 7) is 8.62. The molecule has 1 aliphatic heterocycles. The number of imide groups is 1. The predicted molar refractivity (Wildman–Crippen MR) is 91.1 cm³/mol. The van der Waals surface area contributed by atoms with Gasteiger partial charge in [-0.05, 0) is 50.4 Å². The lowest BCUT2D eigenvalue weighted by Gasteiger charge is -2.63. The van der Waals surface area contributed by atoms with E-state index in [0.717, 1.165) is 18.8 Å². The third-order valence-electron chi connectivity index (χ3n) is 6.58. The summed E-state index contributed by atoms with van der Waals surface area (Å²) in [4.78, 5) is 36.4. The summed E-state index contributed by atoms with van der Waals surface area (Å²) in [6, 6.07) is 0. The van der Waals surface area contributed by atoms with Crippen LogP contribution in [0, 0.1) is 17.3 Å². The summed E-state index contributed by atoms with van der Waals surface area (Å²) in [5.74, 6) is 0.738. The lowest BCUT2D eigenvalue weighted by atomic mass is 9.44. The highest BCUT2D eigenvalue weighted by molar-refractivity contribution is 6.15. The van der Waals surface area contributed by atoms with E-state index in [2.05, 4.69) is 20.8 Å². The van der Waals surface area contributed by atoms with Crippen LogP contribution in [0.15, 0.2) is 11.6 Å². The minimum Gasteiger partial charge on any atom is -0.353 e. The third kappa shape index (κ3) is 3.15. The first-order valence-electron chi connectivity index (χ1n) is 9.10. The van der Waals surface area contributed by atoms with E-state index in [1.165, 1.54) is 24.5 Å². The molecule has 0 aromatic heterocycles. The molecule has 4 aliphatic rings. The van der Waals surface area contributed by atoms with Crippen molar-refractivity contribution in [1.29, 1.82) is 0 Å². The number of carbonyl (C=O) groups excluding carboxylic acids is 2. The Bertz CT molecular complexity index is 597. The lowest BCUT2D eigenvalue weighted by Crippen LogP contribution is -2.61. The van der Waals surface area contributed by atoms with Crippen LogP contribution in [-0.2, 0) is 24.1 Å². The molecule has 0 aromatic carbocycles. The fourth-order valence-electron chi connectivity index (χ4n) is 4.73. The predicted octanol–water partition coefficient (Wildman–Crippen LogP) is 2.83. The van der Waals surface area contributed by atoms with Gasteiger partial charge in [-0.15, -0.1) is 0 Å². The molecule has 25 heavy (non-hydrogen) atoms. The third-order valence-corrected chi connectivity index (χ3v) is 6.58. The highest BCUT2D eigenvalue weighted by Crippen LogP contribution is 2.63. The Balaban J connectivity index is 1.51. The van der Waals surface area contributed by atoms with Gasteiger partial charge in [0, 0.05) is 31.7 Å². The van der Waals surface area contributed by atoms with Crippen molar-refractivity contribution in [3.05, 3.63) is 11.6 Å². The van der Waals surface area contributed by atoms with Gasteiger partial charge in [-0.3, -0.25) is 14.5 Å². The number of nitrogens with zero attached hydrogens (tertiary/aromatic N) is 1. The van der Waals surface area contributed by atoms with E-state index in [-0.39, 0.29) is 29.4 Å². The maximum atomic E-state index is 11.9. The fraction of sp³-hybridized carbons (Fsp3) is 0.789. The van der Waals surface area contributed by atoms with E-state index in [4.69, 9.17) is 14.5 Å². The lowest BCUT2D eigenvalue weighted by molar-refractivity contribution is -0.447. The Hall–Kier alpha value is -1.24. The highest BCUT2D eigenvalue weighted by Gasteiger charge is 2.60. The quantitative estimate of drug-likeness (QED) is 0.305. The summed E-state index contributed by atoms with van der Waals surface area (Å²) in [5, 5.41) is 0. The van der Waals surface area contributed by atoms with E-state index in [1.807, 2.05) is 0 Å². The summed E-state index contributed by atoms with van der Waals surface area (Å²) < 4.78 is 5.33. The number of hydrogen-bond donors (Lipinski definition) is 0. The molecule has 2 amide bonds. The number of hydrogen-bond acceptors (Lipinski definition) is 5. The molecule has 3 aliphatic carbocycles. The fourth-order valence-corrected chi connectivity index (χ4v) is 4.73. The van der Waals surface area contributed by atoms with Gasteiger partial charge in [0.25, 0.3) is 11.8 Å². The van der Waals surface area contributed by atoms with Crippen molar-refractivity contribution in [3.8, 4) is 0 Å². The zero-order valence-corrected chi connectivity index (χ0v) is 15.8. The number of ether oxygens (including phenoxy) is 1. The van der Waals surface area contributed by atoms with E-state index >= 15 is 0 Å². The largest absolute Gasteiger partial charge is 0.353 e. The van der Waals surface area contributed by atoms with Crippen molar-refractivity contribution in [2.45, 2.75) is 65.3 Å². The van der Waals surface area contributed by atoms with Crippen LogP contribution >= 0.6 is 0 Å². The maximum absolute atomic E-state index is 11.9. The molecule has 6 nitrogen and oxygen atoms in total. The molecule has 4 unspecified atom stereocenters. The van der Waals surface area contributed by atoms with E-state index in [1.54, 1.807) is 6.92 Å². The van der Waals surface area contributed by atoms with Gasteiger partial charge in [0.2, 0.25) is 0 Å². The molecule has 3 saturated carbocycles. The molecule has 0 aromatic rings. The Labute approximate surface area is 149 Å². The molecule has 0 N–H and O–H groups in total. The van der Waals surface area contributed by atoms with Crippen LogP contribution in [0.2, 0.25) is 0 Å². The minimum atomic E-state index is -0.612. The number of carbonyl (C=O) groups is 2. The first-order valence-corrected chi connectivity index (χ1v) is 9.10. The van der Waals surface area contributed by atoms with Crippen molar-refractivity contribution in [3.63, 3.8) is 0 Å². The Morgan fingerprint density at radius 1 is 1.32 bits per heavy atom. The molecular formula is C19H29NO5. The summed E-state index contributed by atoms with van der Waals surface area (Å²) >= 11 is 0. The van der Waals surface area contributed by atoms with Crippen molar-refractivity contribution < 1.29 is 24.1 Å². The molecule has 3 fully saturated rings. The summed E-state index contributed by atoms with van der Waals surface area (Å²) in [7, 11) is 1.54. The van der Waals surface area contributed by atoms with Crippen molar-refractivity contribution in [2.75, 3.05) is 13.7 Å². The number of methoxy groups -OCH3 is 1. The Kier molecular flexibility index (Phi) is 4.81. The Morgan fingerprint density at radius 3 is 2.56 bits per heavy atom. The molecule has 4 rings (SSSR count). The SMILES string of the molecule is COC(CCN1C(=O)C=C(C)C1=O)OOC1(C)CCC2CC1C2(C)C. The molecule has 1 heterocycles. The monoisotopic (exact) mass is 351 g/mol. The smallest absolute Gasteiger partial charge is 0.256 e. The highest BCUT2D eigenvalue weighted by atomic mass is 17.2. The molecule has 140 valence electrons. The molecular weight excluding hydrogens is 322 g/mol. The Morgan fingerprint density at radius 2 is 2.04 bits per heavy atom. The summed E-state index contributed by atoms with van der Waals surface area (Å²) in [6.07, 6.45) is 4.45. The van der Waals surface area contributed by atoms with Crippen LogP contribution in [0.5, 0.6) is 0 Å². The van der Waals surface area contributed by atoms with Crippen LogP contribution in [0.25, 0.3) is 0 Å². The first-order chi connectivity index (χ1) is 11.7. The van der Waals surface area contributed by atoms with Gasteiger partial charge >= 0.3 is 0 Å². The summed E-state index contributed by atoms with van der Waals surface area (Å²) in [5.41, 5.74) is 0.441. The molecule has 4 atom stereocenters. The van der Waals surface area contributed by atoms with E-state index in [0.29, 0.717) is 17.9 Å². The average Bonchev–Trinajstić information content (AvgIpc) is 2.80. The second kappa shape index (κ2) is 6.49. The van der Waals surface area contributed by atoms with Gasteiger partial charge in [0.15, 0.2) is 6.29 Å². The average molecular weight is 351 g/mol. The van der Waals surface area contributed by atoms with Crippen LogP contribution in [0.1, 0.15) is 53.4 Å². The molecule has 0 spiro atoms. The second-order valence-corrected chi connectivity index (χ2v) is 8.41. The first kappa shape index (κ1) is 18.5. The normalized spacial score (nSPS) is 34.8. The van der Waals surface area contributed by atoms with Gasteiger partial charge in [-0.2, -0.15) is 0 Å². The number of fused-ring (bicyclic) bond motifs is 2. The maximum Gasteiger partial charge on any atom is 0.256 e. The van der Waals surface area contributed by atoms with Crippen LogP contribution in [-0.4, -0.2) is 42.3 Å². The molecule has 0 saturated heterocycles.